The zero-order chi connectivity index (χ0) is 17.5. The quantitative estimate of drug-likeness (QED) is 0.563. The van der Waals surface area contributed by atoms with Crippen molar-refractivity contribution in [2.24, 2.45) is 4.99 Å². The van der Waals surface area contributed by atoms with Gasteiger partial charge in [-0.15, -0.1) is 11.3 Å². The summed E-state index contributed by atoms with van der Waals surface area (Å²) in [5, 5.41) is 7.56. The first-order valence-electron chi connectivity index (χ1n) is 7.33. The van der Waals surface area contributed by atoms with E-state index in [0.717, 1.165) is 15.0 Å². The lowest BCUT2D eigenvalue weighted by Gasteiger charge is -2.14. The summed E-state index contributed by atoms with van der Waals surface area (Å²) in [7, 11) is 4.98. The average Bonchev–Trinajstić information content (AvgIpc) is 2.99. The first-order valence-corrected chi connectivity index (χ1v) is 8.94. The third-order valence-corrected chi connectivity index (χ3v) is 4.75. The van der Waals surface area contributed by atoms with Gasteiger partial charge in [0.15, 0.2) is 17.5 Å². The maximum absolute atomic E-state index is 5.36. The van der Waals surface area contributed by atoms with Crippen molar-refractivity contribution in [2.45, 2.75) is 20.0 Å². The molecule has 8 heteroatoms. The van der Waals surface area contributed by atoms with Crippen molar-refractivity contribution in [3.8, 4) is 11.5 Å². The van der Waals surface area contributed by atoms with Gasteiger partial charge in [-0.3, -0.25) is 4.99 Å². The number of benzene rings is 1. The standard InChI is InChI=1S/C16H21BrN4O2S/c1-10-7-19-14(24-10)9-21-16(18-2)20-8-11-5-12(17)15(23-4)13(6-11)22-3/h5-7H,8-9H2,1-4H3,(H2,18,20,21). The van der Waals surface area contributed by atoms with Gasteiger partial charge in [-0.05, 0) is 40.5 Å². The number of nitrogens with zero attached hydrogens (tertiary/aromatic N) is 2. The second-order valence-electron chi connectivity index (χ2n) is 4.96. The molecule has 0 aliphatic carbocycles. The van der Waals surface area contributed by atoms with Gasteiger partial charge in [0.2, 0.25) is 0 Å². The Morgan fingerprint density at radius 2 is 2.00 bits per heavy atom. The minimum atomic E-state index is 0.607. The molecule has 0 saturated heterocycles. The predicted molar refractivity (Wildman–Crippen MR) is 101 cm³/mol. The molecule has 0 fully saturated rings. The number of hydrogen-bond acceptors (Lipinski definition) is 5. The van der Waals surface area contributed by atoms with Crippen LogP contribution in [0.15, 0.2) is 27.8 Å². The Kier molecular flexibility index (Phi) is 6.86. The van der Waals surface area contributed by atoms with Crippen molar-refractivity contribution in [3.05, 3.63) is 38.3 Å². The fourth-order valence-corrected chi connectivity index (χ4v) is 3.50. The molecule has 2 rings (SSSR count). The molecule has 0 amide bonds. The van der Waals surface area contributed by atoms with Gasteiger partial charge >= 0.3 is 0 Å². The zero-order valence-electron chi connectivity index (χ0n) is 14.1. The third kappa shape index (κ3) is 4.85. The highest BCUT2D eigenvalue weighted by Gasteiger charge is 2.11. The van der Waals surface area contributed by atoms with E-state index >= 15 is 0 Å². The van der Waals surface area contributed by atoms with Gasteiger partial charge in [-0.25, -0.2) is 4.98 Å². The number of guanidine groups is 1. The minimum absolute atomic E-state index is 0.607. The molecule has 24 heavy (non-hydrogen) atoms. The van der Waals surface area contributed by atoms with Crippen molar-refractivity contribution in [1.29, 1.82) is 0 Å². The van der Waals surface area contributed by atoms with E-state index in [9.17, 15) is 0 Å². The number of aromatic nitrogens is 1. The molecule has 130 valence electrons. The Hall–Kier alpha value is -1.80. The number of hydrogen-bond donors (Lipinski definition) is 2. The van der Waals surface area contributed by atoms with Gasteiger partial charge in [0, 0.05) is 24.7 Å². The molecule has 0 spiro atoms. The number of rotatable bonds is 6. The minimum Gasteiger partial charge on any atom is -0.493 e. The number of nitrogens with one attached hydrogen (secondary N) is 2. The van der Waals surface area contributed by atoms with Crippen molar-refractivity contribution in [3.63, 3.8) is 0 Å². The summed E-state index contributed by atoms with van der Waals surface area (Å²) in [6.45, 7) is 3.30. The molecule has 0 radical (unpaired) electrons. The topological polar surface area (TPSA) is 67.8 Å². The summed E-state index contributed by atoms with van der Waals surface area (Å²) in [6.07, 6.45) is 1.87. The summed E-state index contributed by atoms with van der Waals surface area (Å²) < 4.78 is 11.5. The van der Waals surface area contributed by atoms with E-state index < -0.39 is 0 Å². The van der Waals surface area contributed by atoms with E-state index in [2.05, 4.69) is 36.5 Å². The lowest BCUT2D eigenvalue weighted by Crippen LogP contribution is -2.36. The lowest BCUT2D eigenvalue weighted by atomic mass is 10.2. The summed E-state index contributed by atoms with van der Waals surface area (Å²) in [5.74, 6) is 2.08. The van der Waals surface area contributed by atoms with Gasteiger partial charge in [0.1, 0.15) is 5.01 Å². The fraction of sp³-hybridized carbons (Fsp3) is 0.375. The molecule has 0 unspecified atom stereocenters. The largest absolute Gasteiger partial charge is 0.493 e. The second-order valence-corrected chi connectivity index (χ2v) is 7.13. The Labute approximate surface area is 154 Å². The third-order valence-electron chi connectivity index (χ3n) is 3.25. The van der Waals surface area contributed by atoms with Crippen LogP contribution in [0.25, 0.3) is 0 Å². The van der Waals surface area contributed by atoms with Crippen LogP contribution >= 0.6 is 27.3 Å². The van der Waals surface area contributed by atoms with Crippen LogP contribution in [0.4, 0.5) is 0 Å². The molecule has 1 heterocycles. The molecule has 6 nitrogen and oxygen atoms in total. The monoisotopic (exact) mass is 412 g/mol. The van der Waals surface area contributed by atoms with Crippen LogP contribution in [0.5, 0.6) is 11.5 Å². The van der Waals surface area contributed by atoms with Gasteiger partial charge < -0.3 is 20.1 Å². The van der Waals surface area contributed by atoms with Crippen LogP contribution in [-0.4, -0.2) is 32.2 Å². The van der Waals surface area contributed by atoms with Crippen LogP contribution in [-0.2, 0) is 13.1 Å². The molecule has 0 atom stereocenters. The van der Waals surface area contributed by atoms with E-state index in [4.69, 9.17) is 9.47 Å². The predicted octanol–water partition coefficient (Wildman–Crippen LogP) is 3.10. The molecule has 0 aliphatic heterocycles. The highest BCUT2D eigenvalue weighted by atomic mass is 79.9. The molecular formula is C16H21BrN4O2S. The Bertz CT molecular complexity index is 718. The highest BCUT2D eigenvalue weighted by Crippen LogP contribution is 2.36. The molecule has 2 N–H and O–H groups in total. The van der Waals surface area contributed by atoms with E-state index in [0.29, 0.717) is 30.5 Å². The van der Waals surface area contributed by atoms with E-state index in [-0.39, 0.29) is 0 Å². The van der Waals surface area contributed by atoms with Gasteiger partial charge in [0.05, 0.1) is 25.2 Å². The SMILES string of the molecule is CN=C(NCc1cc(Br)c(OC)c(OC)c1)NCc1ncc(C)s1. The van der Waals surface area contributed by atoms with Crippen molar-refractivity contribution in [1.82, 2.24) is 15.6 Å². The summed E-state index contributed by atoms with van der Waals surface area (Å²) in [6, 6.07) is 3.93. The number of methoxy groups -OCH3 is 2. The molecule has 0 saturated carbocycles. The fourth-order valence-electron chi connectivity index (χ4n) is 2.12. The first kappa shape index (κ1) is 18.5. The Balaban J connectivity index is 1.96. The Morgan fingerprint density at radius 1 is 1.25 bits per heavy atom. The van der Waals surface area contributed by atoms with Gasteiger partial charge in [0.25, 0.3) is 0 Å². The van der Waals surface area contributed by atoms with E-state index in [1.54, 1.807) is 32.6 Å². The first-order chi connectivity index (χ1) is 11.6. The van der Waals surface area contributed by atoms with Crippen LogP contribution < -0.4 is 20.1 Å². The lowest BCUT2D eigenvalue weighted by molar-refractivity contribution is 0.352. The summed E-state index contributed by atoms with van der Waals surface area (Å²) in [4.78, 5) is 9.76. The molecule has 2 aromatic rings. The molecule has 0 aliphatic rings. The number of aryl methyl sites for hydroxylation is 1. The number of ether oxygens (including phenoxy) is 2. The van der Waals surface area contributed by atoms with Crippen molar-refractivity contribution >= 4 is 33.2 Å². The normalized spacial score (nSPS) is 11.3. The second kappa shape index (κ2) is 8.89. The molecular weight excluding hydrogens is 392 g/mol. The highest BCUT2D eigenvalue weighted by molar-refractivity contribution is 9.10. The van der Waals surface area contributed by atoms with Crippen molar-refractivity contribution < 1.29 is 9.47 Å². The van der Waals surface area contributed by atoms with Gasteiger partial charge in [-0.2, -0.15) is 0 Å². The summed E-state index contributed by atoms with van der Waals surface area (Å²) >= 11 is 5.17. The number of thiazole rings is 1. The van der Waals surface area contributed by atoms with Crippen LogP contribution in [0.3, 0.4) is 0 Å². The van der Waals surface area contributed by atoms with Crippen molar-refractivity contribution in [2.75, 3.05) is 21.3 Å². The Morgan fingerprint density at radius 3 is 2.58 bits per heavy atom. The van der Waals surface area contributed by atoms with Gasteiger partial charge in [-0.1, -0.05) is 0 Å². The van der Waals surface area contributed by atoms with Crippen LogP contribution in [0, 0.1) is 6.92 Å². The summed E-state index contributed by atoms with van der Waals surface area (Å²) in [5.41, 5.74) is 1.05. The number of halogens is 1. The van der Waals surface area contributed by atoms with Crippen LogP contribution in [0.2, 0.25) is 0 Å². The maximum Gasteiger partial charge on any atom is 0.191 e. The van der Waals surface area contributed by atoms with E-state index in [1.807, 2.05) is 25.3 Å². The average molecular weight is 413 g/mol. The number of aliphatic imine (C=N–C) groups is 1. The smallest absolute Gasteiger partial charge is 0.191 e. The molecule has 1 aromatic heterocycles. The van der Waals surface area contributed by atoms with E-state index in [1.165, 1.54) is 4.88 Å². The van der Waals surface area contributed by atoms with Crippen LogP contribution in [0.1, 0.15) is 15.4 Å². The zero-order valence-corrected chi connectivity index (χ0v) is 16.5. The maximum atomic E-state index is 5.36. The molecule has 0 bridgehead atoms. The molecule has 1 aromatic carbocycles.